The van der Waals surface area contributed by atoms with Gasteiger partial charge in [0.05, 0.1) is 40.4 Å². The molecule has 124 valence electrons. The number of hydrogen-bond acceptors (Lipinski definition) is 4. The van der Waals surface area contributed by atoms with Crippen LogP contribution in [0.5, 0.6) is 0 Å². The van der Waals surface area contributed by atoms with Crippen molar-refractivity contribution in [3.8, 4) is 0 Å². The molecular formula is C13H27NO6P+. The third kappa shape index (κ3) is 12.7. The summed E-state index contributed by atoms with van der Waals surface area (Å²) >= 11 is 0. The summed E-state index contributed by atoms with van der Waals surface area (Å²) in [4.78, 5) is 29.1. The van der Waals surface area contributed by atoms with Crippen molar-refractivity contribution in [3.63, 3.8) is 0 Å². The highest BCUT2D eigenvalue weighted by atomic mass is 31.2. The minimum Gasteiger partial charge on any atom is -0.462 e. The monoisotopic (exact) mass is 324 g/mol. The van der Waals surface area contributed by atoms with Crippen LogP contribution in [0.2, 0.25) is 0 Å². The largest absolute Gasteiger partial charge is 0.469 e. The lowest BCUT2D eigenvalue weighted by Crippen LogP contribution is -2.35. The molecule has 0 aromatic carbocycles. The number of rotatable bonds is 10. The number of quaternary nitrogens is 1. The average Bonchev–Trinajstić information content (AvgIpc) is 2.24. The smallest absolute Gasteiger partial charge is 0.462 e. The minimum absolute atomic E-state index is 0.0424. The third-order valence-electron chi connectivity index (χ3n) is 2.66. The number of esters is 1. The van der Waals surface area contributed by atoms with E-state index in [2.05, 4.69) is 6.58 Å². The van der Waals surface area contributed by atoms with Gasteiger partial charge in [0, 0.05) is 12.0 Å². The molecule has 0 aromatic rings. The molecule has 0 aromatic heterocycles. The van der Waals surface area contributed by atoms with Crippen molar-refractivity contribution >= 4 is 13.8 Å². The van der Waals surface area contributed by atoms with Crippen molar-refractivity contribution < 1.29 is 32.9 Å². The normalized spacial score (nSPS) is 13.8. The third-order valence-corrected chi connectivity index (χ3v) is 3.24. The molecule has 0 aliphatic carbocycles. The van der Waals surface area contributed by atoms with Crippen LogP contribution >= 0.6 is 7.82 Å². The molecule has 0 radical (unpaired) electrons. The molecule has 1 unspecified atom stereocenters. The number of ether oxygens (including phenoxy) is 1. The van der Waals surface area contributed by atoms with Gasteiger partial charge in [0.1, 0.15) is 0 Å². The topological polar surface area (TPSA) is 93.1 Å². The number of phosphoric ester groups is 1. The van der Waals surface area contributed by atoms with Crippen molar-refractivity contribution in [2.24, 2.45) is 0 Å². The van der Waals surface area contributed by atoms with Gasteiger partial charge in [-0.05, 0) is 19.8 Å². The van der Waals surface area contributed by atoms with Crippen LogP contribution in [-0.4, -0.2) is 60.6 Å². The van der Waals surface area contributed by atoms with E-state index in [1.807, 2.05) is 21.1 Å². The number of carbonyl (C=O) groups excluding carboxylic acids is 1. The van der Waals surface area contributed by atoms with E-state index in [1.165, 1.54) is 6.92 Å². The van der Waals surface area contributed by atoms with Crippen LogP contribution in [0, 0.1) is 0 Å². The van der Waals surface area contributed by atoms with Crippen LogP contribution in [0.25, 0.3) is 0 Å². The summed E-state index contributed by atoms with van der Waals surface area (Å²) in [6.45, 7) is 5.89. The van der Waals surface area contributed by atoms with E-state index in [4.69, 9.17) is 19.0 Å². The fourth-order valence-corrected chi connectivity index (χ4v) is 2.24. The Morgan fingerprint density at radius 3 is 2.29 bits per heavy atom. The summed E-state index contributed by atoms with van der Waals surface area (Å²) in [7, 11) is 1.56. The van der Waals surface area contributed by atoms with Gasteiger partial charge in [-0.1, -0.05) is 6.58 Å². The van der Waals surface area contributed by atoms with E-state index in [0.717, 1.165) is 17.4 Å². The van der Waals surface area contributed by atoms with E-state index in [9.17, 15) is 9.36 Å². The molecule has 0 spiro atoms. The number of hydrogen-bond donors (Lipinski definition) is 2. The molecule has 0 amide bonds. The molecule has 7 nitrogen and oxygen atoms in total. The molecule has 0 fully saturated rings. The minimum atomic E-state index is -4.55. The van der Waals surface area contributed by atoms with Gasteiger partial charge in [-0.15, -0.1) is 0 Å². The SMILES string of the molecule is C=C(C)C(=O)OCCC(CCC[N+](C)(C)C)OP(=O)(O)O. The second kappa shape index (κ2) is 8.66. The predicted octanol–water partition coefficient (Wildman–Crippen LogP) is 1.46. The molecule has 0 aliphatic heterocycles. The number of phosphoric acid groups is 1. The first-order chi connectivity index (χ1) is 9.41. The van der Waals surface area contributed by atoms with Gasteiger partial charge < -0.3 is 19.0 Å². The van der Waals surface area contributed by atoms with Gasteiger partial charge in [-0.3, -0.25) is 4.52 Å². The standard InChI is InChI=1S/C13H26NO6P/c1-11(2)13(15)19-10-8-12(20-21(16,17)18)7-6-9-14(3,4)5/h12H,1,6-10H2,2-5H3,(H-,16,17,18)/p+1. The van der Waals surface area contributed by atoms with Gasteiger partial charge in [-0.25, -0.2) is 9.36 Å². The zero-order chi connectivity index (χ0) is 16.7. The van der Waals surface area contributed by atoms with E-state index in [1.54, 1.807) is 0 Å². The Hall–Kier alpha value is -0.720. The summed E-state index contributed by atoms with van der Waals surface area (Å²) in [5, 5.41) is 0. The van der Waals surface area contributed by atoms with Crippen LogP contribution in [0.4, 0.5) is 0 Å². The molecule has 1 atom stereocenters. The van der Waals surface area contributed by atoms with Crippen LogP contribution in [0.1, 0.15) is 26.2 Å². The molecule has 0 rings (SSSR count). The second-order valence-corrected chi connectivity index (χ2v) is 7.27. The van der Waals surface area contributed by atoms with Crippen LogP contribution in [-0.2, 0) is 18.6 Å². The van der Waals surface area contributed by atoms with E-state index < -0.39 is 19.9 Å². The first kappa shape index (κ1) is 20.3. The highest BCUT2D eigenvalue weighted by molar-refractivity contribution is 7.46. The van der Waals surface area contributed by atoms with Crippen molar-refractivity contribution in [3.05, 3.63) is 12.2 Å². The van der Waals surface area contributed by atoms with Crippen molar-refractivity contribution in [1.29, 1.82) is 0 Å². The summed E-state index contributed by atoms with van der Waals surface area (Å²) < 4.78 is 21.4. The summed E-state index contributed by atoms with van der Waals surface area (Å²) in [5.74, 6) is -0.517. The molecule has 0 saturated heterocycles. The van der Waals surface area contributed by atoms with E-state index in [0.29, 0.717) is 6.42 Å². The Bertz CT molecular complexity index is 398. The van der Waals surface area contributed by atoms with Crippen molar-refractivity contribution in [2.75, 3.05) is 34.3 Å². The Balaban J connectivity index is 4.30. The lowest BCUT2D eigenvalue weighted by Gasteiger charge is -2.25. The first-order valence-electron chi connectivity index (χ1n) is 6.78. The highest BCUT2D eigenvalue weighted by Crippen LogP contribution is 2.39. The molecule has 0 bridgehead atoms. The van der Waals surface area contributed by atoms with Gasteiger partial charge in [0.15, 0.2) is 0 Å². The van der Waals surface area contributed by atoms with E-state index >= 15 is 0 Å². The highest BCUT2D eigenvalue weighted by Gasteiger charge is 2.23. The van der Waals surface area contributed by atoms with Crippen LogP contribution in [0.3, 0.4) is 0 Å². The van der Waals surface area contributed by atoms with Crippen molar-refractivity contribution in [1.82, 2.24) is 0 Å². The number of nitrogens with zero attached hydrogens (tertiary/aromatic N) is 1. The quantitative estimate of drug-likeness (QED) is 0.273. The maximum atomic E-state index is 11.2. The Labute approximate surface area is 126 Å². The maximum Gasteiger partial charge on any atom is 0.469 e. The first-order valence-corrected chi connectivity index (χ1v) is 8.31. The van der Waals surface area contributed by atoms with Gasteiger partial charge in [-0.2, -0.15) is 0 Å². The maximum absolute atomic E-state index is 11.2. The molecule has 0 heterocycles. The zero-order valence-corrected chi connectivity index (χ0v) is 14.1. The van der Waals surface area contributed by atoms with Gasteiger partial charge in [0.25, 0.3) is 0 Å². The molecule has 8 heteroatoms. The van der Waals surface area contributed by atoms with Crippen LogP contribution < -0.4 is 0 Å². The summed E-state index contributed by atoms with van der Waals surface area (Å²) in [6, 6.07) is 0. The molecule has 2 N–H and O–H groups in total. The average molecular weight is 324 g/mol. The molecule has 0 saturated carbocycles. The predicted molar refractivity (Wildman–Crippen MR) is 79.4 cm³/mol. The second-order valence-electron chi connectivity index (χ2n) is 6.08. The zero-order valence-electron chi connectivity index (χ0n) is 13.2. The van der Waals surface area contributed by atoms with Crippen molar-refractivity contribution in [2.45, 2.75) is 32.3 Å². The van der Waals surface area contributed by atoms with Crippen LogP contribution in [0.15, 0.2) is 12.2 Å². The molecule has 0 aliphatic rings. The summed E-state index contributed by atoms with van der Waals surface area (Å²) in [6.07, 6.45) is 0.838. The fraction of sp³-hybridized carbons (Fsp3) is 0.769. The molecule has 21 heavy (non-hydrogen) atoms. The Kier molecular flexibility index (Phi) is 8.36. The Morgan fingerprint density at radius 2 is 1.86 bits per heavy atom. The Morgan fingerprint density at radius 1 is 1.29 bits per heavy atom. The van der Waals surface area contributed by atoms with E-state index in [-0.39, 0.29) is 18.6 Å². The van der Waals surface area contributed by atoms with Gasteiger partial charge in [0.2, 0.25) is 0 Å². The lowest BCUT2D eigenvalue weighted by molar-refractivity contribution is -0.870. The summed E-state index contributed by atoms with van der Waals surface area (Å²) in [5.41, 5.74) is 0.285. The lowest BCUT2D eigenvalue weighted by atomic mass is 10.1. The van der Waals surface area contributed by atoms with Gasteiger partial charge >= 0.3 is 13.8 Å². The fourth-order valence-electron chi connectivity index (χ4n) is 1.64. The number of carbonyl (C=O) groups is 1. The molecular weight excluding hydrogens is 297 g/mol.